The first-order valence-electron chi connectivity index (χ1n) is 15.8. The first-order chi connectivity index (χ1) is 21.8. The molecule has 0 saturated carbocycles. The van der Waals surface area contributed by atoms with E-state index in [-0.39, 0.29) is 21.8 Å². The summed E-state index contributed by atoms with van der Waals surface area (Å²) in [5.74, 6) is 0.669. The molecular formula is C34H46ClN3O5S2Si. The number of carbonyl (C=O) groups excluding carboxylic acids is 1. The summed E-state index contributed by atoms with van der Waals surface area (Å²) < 4.78 is 41.0. The van der Waals surface area contributed by atoms with Crippen LogP contribution in [0.15, 0.2) is 58.8 Å². The van der Waals surface area contributed by atoms with Gasteiger partial charge in [-0.1, -0.05) is 49.4 Å². The van der Waals surface area contributed by atoms with Gasteiger partial charge in [-0.15, -0.1) is 11.3 Å². The highest BCUT2D eigenvalue weighted by atomic mass is 35.5. The summed E-state index contributed by atoms with van der Waals surface area (Å²) in [7, 11) is -3.11. The van der Waals surface area contributed by atoms with Crippen molar-refractivity contribution in [3.63, 3.8) is 0 Å². The fraction of sp³-hybridized carbons (Fsp3) is 0.471. The summed E-state index contributed by atoms with van der Waals surface area (Å²) in [4.78, 5) is 14.6. The topological polar surface area (TPSA) is 90.7 Å². The second kappa shape index (κ2) is 15.9. The summed E-state index contributed by atoms with van der Waals surface area (Å²) in [6.07, 6.45) is 0.963. The molecule has 4 aromatic rings. The van der Waals surface area contributed by atoms with E-state index in [1.54, 1.807) is 24.1 Å². The lowest BCUT2D eigenvalue weighted by molar-refractivity contribution is 0.0773. The molecule has 12 heteroatoms. The number of amides is 1. The fourth-order valence-corrected chi connectivity index (χ4v) is 9.18. The lowest BCUT2D eigenvalue weighted by Gasteiger charge is -2.19. The largest absolute Gasteiger partial charge is 0.496 e. The molecule has 46 heavy (non-hydrogen) atoms. The van der Waals surface area contributed by atoms with Gasteiger partial charge >= 0.3 is 0 Å². The number of nitrogens with zero attached hydrogens (tertiary/aromatic N) is 3. The second-order valence-corrected chi connectivity index (χ2v) is 22.4. The van der Waals surface area contributed by atoms with Crippen LogP contribution in [0.2, 0.25) is 30.0 Å². The molecule has 0 bridgehead atoms. The summed E-state index contributed by atoms with van der Waals surface area (Å²) in [6.45, 7) is 13.8. The Morgan fingerprint density at radius 3 is 2.39 bits per heavy atom. The normalized spacial score (nSPS) is 12.8. The zero-order valence-corrected chi connectivity index (χ0v) is 31.1. The Morgan fingerprint density at radius 2 is 1.78 bits per heavy atom. The zero-order chi connectivity index (χ0) is 33.5. The van der Waals surface area contributed by atoms with E-state index in [0.717, 1.165) is 45.3 Å². The SMILES string of the molecule is CCN(CC)C(=O)c1ccc(Cn2nc(CC(CCS(=O)(=O)c3ccc(Cl)s3)COCC[Si](C)(C)C)c3c(OC)cccc32)cc1. The summed E-state index contributed by atoms with van der Waals surface area (Å²) in [6, 6.07) is 17.8. The summed E-state index contributed by atoms with van der Waals surface area (Å²) in [5.41, 5.74) is 3.45. The van der Waals surface area contributed by atoms with Crippen LogP contribution in [0.3, 0.4) is 0 Å². The number of fused-ring (bicyclic) bond motifs is 1. The molecule has 0 radical (unpaired) electrons. The summed E-state index contributed by atoms with van der Waals surface area (Å²) >= 11 is 7.14. The average Bonchev–Trinajstić information content (AvgIpc) is 3.62. The minimum absolute atomic E-state index is 0.000224. The number of hydrogen-bond donors (Lipinski definition) is 0. The monoisotopic (exact) mass is 703 g/mol. The third-order valence-corrected chi connectivity index (χ3v) is 13.4. The van der Waals surface area contributed by atoms with Crippen molar-refractivity contribution in [2.45, 2.75) is 63.1 Å². The van der Waals surface area contributed by atoms with Crippen molar-refractivity contribution in [1.82, 2.24) is 14.7 Å². The van der Waals surface area contributed by atoms with E-state index in [9.17, 15) is 13.2 Å². The van der Waals surface area contributed by atoms with E-state index in [2.05, 4.69) is 19.6 Å². The molecule has 0 aliphatic carbocycles. The van der Waals surface area contributed by atoms with Crippen LogP contribution in [-0.4, -0.2) is 76.2 Å². The van der Waals surface area contributed by atoms with Gasteiger partial charge in [0.2, 0.25) is 0 Å². The average molecular weight is 704 g/mol. The molecule has 2 aromatic carbocycles. The molecule has 1 amide bonds. The zero-order valence-electron chi connectivity index (χ0n) is 27.7. The lowest BCUT2D eigenvalue weighted by Crippen LogP contribution is -2.30. The van der Waals surface area contributed by atoms with Gasteiger partial charge in [0.1, 0.15) is 9.96 Å². The van der Waals surface area contributed by atoms with Crippen LogP contribution in [-0.2, 0) is 27.5 Å². The Balaban J connectivity index is 1.60. The van der Waals surface area contributed by atoms with Crippen molar-refractivity contribution in [2.75, 3.05) is 39.2 Å². The molecule has 2 heterocycles. The van der Waals surface area contributed by atoms with Crippen molar-refractivity contribution in [3.8, 4) is 5.75 Å². The number of ether oxygens (including phenoxy) is 2. The van der Waals surface area contributed by atoms with E-state index in [4.69, 9.17) is 26.2 Å². The Kier molecular flexibility index (Phi) is 12.5. The highest BCUT2D eigenvalue weighted by molar-refractivity contribution is 7.93. The minimum Gasteiger partial charge on any atom is -0.496 e. The van der Waals surface area contributed by atoms with Gasteiger partial charge in [0, 0.05) is 39.9 Å². The number of sulfone groups is 1. The van der Waals surface area contributed by atoms with Gasteiger partial charge in [-0.2, -0.15) is 5.10 Å². The maximum absolute atomic E-state index is 13.2. The van der Waals surface area contributed by atoms with E-state index in [0.29, 0.717) is 55.6 Å². The molecule has 4 rings (SSSR count). The van der Waals surface area contributed by atoms with Gasteiger partial charge in [-0.3, -0.25) is 9.48 Å². The van der Waals surface area contributed by atoms with Crippen LogP contribution in [0.4, 0.5) is 0 Å². The highest BCUT2D eigenvalue weighted by Gasteiger charge is 2.24. The molecule has 2 aromatic heterocycles. The molecule has 1 unspecified atom stereocenters. The Morgan fingerprint density at radius 1 is 1.07 bits per heavy atom. The maximum Gasteiger partial charge on any atom is 0.253 e. The van der Waals surface area contributed by atoms with Gasteiger partial charge in [0.05, 0.1) is 40.3 Å². The molecular weight excluding hydrogens is 658 g/mol. The number of carbonyl (C=O) groups is 1. The third kappa shape index (κ3) is 9.44. The number of rotatable bonds is 17. The van der Waals surface area contributed by atoms with Gasteiger partial charge in [0.15, 0.2) is 9.84 Å². The first-order valence-corrected chi connectivity index (χ1v) is 22.4. The van der Waals surface area contributed by atoms with Crippen LogP contribution in [0.1, 0.15) is 41.9 Å². The van der Waals surface area contributed by atoms with Gasteiger partial charge in [-0.25, -0.2) is 8.42 Å². The number of aromatic nitrogens is 2. The van der Waals surface area contributed by atoms with Gasteiger partial charge < -0.3 is 14.4 Å². The number of benzene rings is 2. The Bertz CT molecular complexity index is 1710. The van der Waals surface area contributed by atoms with Gasteiger partial charge in [0.25, 0.3) is 5.91 Å². The van der Waals surface area contributed by atoms with E-state index >= 15 is 0 Å². The molecule has 0 N–H and O–H groups in total. The quantitative estimate of drug-likeness (QED) is 0.0829. The van der Waals surface area contributed by atoms with Crippen molar-refractivity contribution in [1.29, 1.82) is 0 Å². The molecule has 0 spiro atoms. The fourth-order valence-electron chi connectivity index (χ4n) is 5.36. The number of halogens is 1. The standard InChI is InChI=1S/C34H46ClN3O5S2Si/c1-7-37(8-2)34(39)27-14-12-25(13-15-27)23-38-29-10-9-11-30(42-3)33(29)28(36-38)22-26(24-43-19-21-46(4,5)6)18-20-45(40,41)32-17-16-31(35)44-32/h9-17,26H,7-8,18-24H2,1-6H3. The molecule has 0 saturated heterocycles. The first kappa shape index (κ1) is 36.1. The number of methoxy groups -OCH3 is 1. The predicted molar refractivity (Wildman–Crippen MR) is 191 cm³/mol. The molecule has 250 valence electrons. The van der Waals surface area contributed by atoms with E-state index < -0.39 is 17.9 Å². The van der Waals surface area contributed by atoms with E-state index in [1.807, 2.05) is 61.0 Å². The van der Waals surface area contributed by atoms with Crippen LogP contribution in [0.5, 0.6) is 5.75 Å². The second-order valence-electron chi connectivity index (χ2n) is 12.8. The Hall–Kier alpha value is -2.70. The summed E-state index contributed by atoms with van der Waals surface area (Å²) in [5, 5.41) is 5.98. The minimum atomic E-state index is -3.48. The Labute approximate surface area is 283 Å². The molecule has 0 fully saturated rings. The van der Waals surface area contributed by atoms with Crippen molar-refractivity contribution < 1.29 is 22.7 Å². The molecule has 1 atom stereocenters. The smallest absolute Gasteiger partial charge is 0.253 e. The maximum atomic E-state index is 13.2. The van der Waals surface area contributed by atoms with Gasteiger partial charge in [-0.05, 0) is 80.6 Å². The van der Waals surface area contributed by atoms with Crippen molar-refractivity contribution in [3.05, 3.63) is 75.8 Å². The van der Waals surface area contributed by atoms with Crippen LogP contribution in [0, 0.1) is 5.92 Å². The van der Waals surface area contributed by atoms with Crippen LogP contribution in [0.25, 0.3) is 10.9 Å². The van der Waals surface area contributed by atoms with Crippen LogP contribution >= 0.6 is 22.9 Å². The van der Waals surface area contributed by atoms with Crippen molar-refractivity contribution in [2.24, 2.45) is 5.92 Å². The molecule has 0 aliphatic heterocycles. The number of thiophene rings is 1. The lowest BCUT2D eigenvalue weighted by atomic mass is 9.99. The highest BCUT2D eigenvalue weighted by Crippen LogP contribution is 2.32. The van der Waals surface area contributed by atoms with E-state index in [1.165, 1.54) is 0 Å². The number of hydrogen-bond acceptors (Lipinski definition) is 7. The predicted octanol–water partition coefficient (Wildman–Crippen LogP) is 7.67. The molecule has 8 nitrogen and oxygen atoms in total. The van der Waals surface area contributed by atoms with Crippen molar-refractivity contribution >= 4 is 57.7 Å². The molecule has 0 aliphatic rings. The van der Waals surface area contributed by atoms with Crippen LogP contribution < -0.4 is 4.74 Å². The third-order valence-electron chi connectivity index (χ3n) is 8.10.